The molecule has 1 aliphatic rings. The first-order chi connectivity index (χ1) is 8.51. The number of nitrogens with zero attached hydrogens (tertiary/aromatic N) is 1. The molecule has 4 nitrogen and oxygen atoms in total. The van der Waals surface area contributed by atoms with Crippen molar-refractivity contribution in [3.05, 3.63) is 0 Å². The molecule has 18 heavy (non-hydrogen) atoms. The van der Waals surface area contributed by atoms with Crippen molar-refractivity contribution in [2.45, 2.75) is 52.0 Å². The molecule has 0 radical (unpaired) electrons. The third kappa shape index (κ3) is 4.25. The number of likely N-dealkylation sites (tertiary alicyclic amines) is 1. The molecular formula is C14H29N3O. The molecule has 1 rings (SSSR count). The largest absolute Gasteiger partial charge is 0.368 e. The van der Waals surface area contributed by atoms with E-state index in [9.17, 15) is 4.79 Å². The Bertz CT molecular complexity index is 270. The third-order valence-corrected chi connectivity index (χ3v) is 4.17. The van der Waals surface area contributed by atoms with Gasteiger partial charge in [-0.05, 0) is 51.7 Å². The van der Waals surface area contributed by atoms with Gasteiger partial charge in [0.05, 0.1) is 0 Å². The third-order valence-electron chi connectivity index (χ3n) is 4.17. The Kier molecular flexibility index (Phi) is 6.09. The lowest BCUT2D eigenvalue weighted by molar-refractivity contribution is -0.124. The molecule has 106 valence electrons. The summed E-state index contributed by atoms with van der Waals surface area (Å²) in [5.41, 5.74) is 4.94. The molecule has 0 aromatic carbocycles. The van der Waals surface area contributed by atoms with Gasteiger partial charge in [-0.1, -0.05) is 20.3 Å². The lowest BCUT2D eigenvalue weighted by atomic mass is 9.98. The average Bonchev–Trinajstić information content (AvgIpc) is 2.54. The van der Waals surface area contributed by atoms with Crippen LogP contribution < -0.4 is 11.1 Å². The van der Waals surface area contributed by atoms with Gasteiger partial charge in [0.2, 0.25) is 5.91 Å². The number of likely N-dealkylation sites (N-methyl/N-ethyl adjacent to an activating group) is 1. The molecular weight excluding hydrogens is 226 g/mol. The molecule has 0 aromatic heterocycles. The van der Waals surface area contributed by atoms with Crippen LogP contribution in [0.15, 0.2) is 0 Å². The van der Waals surface area contributed by atoms with E-state index >= 15 is 0 Å². The topological polar surface area (TPSA) is 58.4 Å². The van der Waals surface area contributed by atoms with Crippen LogP contribution in [0.25, 0.3) is 0 Å². The highest BCUT2D eigenvalue weighted by Gasteiger charge is 2.32. The summed E-state index contributed by atoms with van der Waals surface area (Å²) in [6, 6.07) is 0. The van der Waals surface area contributed by atoms with Crippen molar-refractivity contribution in [3.8, 4) is 0 Å². The van der Waals surface area contributed by atoms with E-state index in [1.54, 1.807) is 0 Å². The van der Waals surface area contributed by atoms with Crippen LogP contribution in [0.3, 0.4) is 0 Å². The normalized spacial score (nSPS) is 25.4. The standard InChI is InChI=1S/C14H29N3O/c1-4-12-7-6-9-17(10-8-12)11-14(3,13(15)18)16-5-2/h12,16H,4-11H2,1-3H3,(H2,15,18). The summed E-state index contributed by atoms with van der Waals surface area (Å²) < 4.78 is 0. The Hall–Kier alpha value is -0.610. The Labute approximate surface area is 111 Å². The van der Waals surface area contributed by atoms with Crippen LogP contribution in [-0.4, -0.2) is 42.5 Å². The van der Waals surface area contributed by atoms with Crippen molar-refractivity contribution in [1.29, 1.82) is 0 Å². The van der Waals surface area contributed by atoms with Crippen molar-refractivity contribution in [3.63, 3.8) is 0 Å². The van der Waals surface area contributed by atoms with Crippen LogP contribution >= 0.6 is 0 Å². The molecule has 0 aliphatic carbocycles. The predicted octanol–water partition coefficient (Wildman–Crippen LogP) is 1.35. The molecule has 1 fully saturated rings. The van der Waals surface area contributed by atoms with Crippen molar-refractivity contribution in [2.24, 2.45) is 11.7 Å². The summed E-state index contributed by atoms with van der Waals surface area (Å²) >= 11 is 0. The number of carbonyl (C=O) groups excluding carboxylic acids is 1. The van der Waals surface area contributed by atoms with Crippen LogP contribution in [0.5, 0.6) is 0 Å². The fourth-order valence-electron chi connectivity index (χ4n) is 2.85. The Balaban J connectivity index is 2.56. The zero-order valence-corrected chi connectivity index (χ0v) is 12.2. The van der Waals surface area contributed by atoms with Crippen molar-refractivity contribution >= 4 is 5.91 Å². The Morgan fingerprint density at radius 3 is 2.67 bits per heavy atom. The van der Waals surface area contributed by atoms with E-state index in [4.69, 9.17) is 5.73 Å². The van der Waals surface area contributed by atoms with Gasteiger partial charge in [-0.25, -0.2) is 0 Å². The molecule has 1 saturated heterocycles. The maximum absolute atomic E-state index is 11.6. The second-order valence-corrected chi connectivity index (χ2v) is 5.71. The van der Waals surface area contributed by atoms with Crippen molar-refractivity contribution in [2.75, 3.05) is 26.2 Å². The summed E-state index contributed by atoms with van der Waals surface area (Å²) in [6.45, 7) is 9.87. The number of amides is 1. The summed E-state index contributed by atoms with van der Waals surface area (Å²) in [4.78, 5) is 14.0. The van der Waals surface area contributed by atoms with E-state index in [0.29, 0.717) is 0 Å². The zero-order valence-electron chi connectivity index (χ0n) is 12.2. The second-order valence-electron chi connectivity index (χ2n) is 5.71. The summed E-state index contributed by atoms with van der Waals surface area (Å²) in [6.07, 6.45) is 5.08. The first-order valence-corrected chi connectivity index (χ1v) is 7.29. The highest BCUT2D eigenvalue weighted by Crippen LogP contribution is 2.21. The van der Waals surface area contributed by atoms with Crippen LogP contribution in [0.2, 0.25) is 0 Å². The minimum atomic E-state index is -0.596. The van der Waals surface area contributed by atoms with Gasteiger partial charge < -0.3 is 16.0 Å². The van der Waals surface area contributed by atoms with Gasteiger partial charge >= 0.3 is 0 Å². The molecule has 0 spiro atoms. The van der Waals surface area contributed by atoms with Crippen molar-refractivity contribution in [1.82, 2.24) is 10.2 Å². The predicted molar refractivity (Wildman–Crippen MR) is 75.3 cm³/mol. The molecule has 1 aliphatic heterocycles. The fourth-order valence-corrected chi connectivity index (χ4v) is 2.85. The zero-order chi connectivity index (χ0) is 13.6. The number of primary amides is 1. The highest BCUT2D eigenvalue weighted by molar-refractivity contribution is 5.84. The maximum atomic E-state index is 11.6. The summed E-state index contributed by atoms with van der Waals surface area (Å²) in [5, 5.41) is 3.24. The summed E-state index contributed by atoms with van der Waals surface area (Å²) in [7, 11) is 0. The molecule has 0 bridgehead atoms. The maximum Gasteiger partial charge on any atom is 0.238 e. The van der Waals surface area contributed by atoms with Crippen molar-refractivity contribution < 1.29 is 4.79 Å². The van der Waals surface area contributed by atoms with Gasteiger partial charge in [0.25, 0.3) is 0 Å². The van der Waals surface area contributed by atoms with E-state index in [1.165, 1.54) is 25.7 Å². The molecule has 0 aromatic rings. The van der Waals surface area contributed by atoms with Gasteiger partial charge in [-0.2, -0.15) is 0 Å². The first-order valence-electron chi connectivity index (χ1n) is 7.29. The van der Waals surface area contributed by atoms with Gasteiger partial charge in [0, 0.05) is 6.54 Å². The molecule has 0 saturated carbocycles. The van der Waals surface area contributed by atoms with E-state index in [1.807, 2.05) is 13.8 Å². The van der Waals surface area contributed by atoms with Crippen LogP contribution in [0.1, 0.15) is 46.5 Å². The molecule has 3 N–H and O–H groups in total. The minimum absolute atomic E-state index is 0.249. The van der Waals surface area contributed by atoms with Gasteiger partial charge in [-0.15, -0.1) is 0 Å². The van der Waals surface area contributed by atoms with Gasteiger partial charge in [0.15, 0.2) is 0 Å². The average molecular weight is 255 g/mol. The van der Waals surface area contributed by atoms with E-state index in [0.717, 1.165) is 32.1 Å². The summed E-state index contributed by atoms with van der Waals surface area (Å²) in [5.74, 6) is 0.606. The van der Waals surface area contributed by atoms with Crippen LogP contribution in [-0.2, 0) is 4.79 Å². The quantitative estimate of drug-likeness (QED) is 0.753. The lowest BCUT2D eigenvalue weighted by Gasteiger charge is -2.33. The number of rotatable bonds is 6. The number of nitrogens with two attached hydrogens (primary N) is 1. The van der Waals surface area contributed by atoms with E-state index in [-0.39, 0.29) is 5.91 Å². The number of hydrogen-bond donors (Lipinski definition) is 2. The van der Waals surface area contributed by atoms with E-state index in [2.05, 4.69) is 17.1 Å². The molecule has 1 amide bonds. The van der Waals surface area contributed by atoms with Crippen LogP contribution in [0.4, 0.5) is 0 Å². The number of hydrogen-bond acceptors (Lipinski definition) is 3. The fraction of sp³-hybridized carbons (Fsp3) is 0.929. The molecule has 2 unspecified atom stereocenters. The SMILES string of the molecule is CCNC(C)(CN1CCCC(CC)CC1)C(N)=O. The number of carbonyl (C=O) groups is 1. The van der Waals surface area contributed by atoms with E-state index < -0.39 is 5.54 Å². The van der Waals surface area contributed by atoms with Gasteiger partial charge in [-0.3, -0.25) is 4.79 Å². The van der Waals surface area contributed by atoms with Crippen LogP contribution in [0, 0.1) is 5.92 Å². The smallest absolute Gasteiger partial charge is 0.238 e. The van der Waals surface area contributed by atoms with Gasteiger partial charge in [0.1, 0.15) is 5.54 Å². The Morgan fingerprint density at radius 1 is 1.39 bits per heavy atom. The Morgan fingerprint density at radius 2 is 2.11 bits per heavy atom. The molecule has 4 heteroatoms. The molecule has 2 atom stereocenters. The highest BCUT2D eigenvalue weighted by atomic mass is 16.1. The molecule has 1 heterocycles. The lowest BCUT2D eigenvalue weighted by Crippen LogP contribution is -2.59. The second kappa shape index (κ2) is 7.10. The monoisotopic (exact) mass is 255 g/mol. The minimum Gasteiger partial charge on any atom is -0.368 e. The first kappa shape index (κ1) is 15.4. The number of nitrogens with one attached hydrogen (secondary N) is 1.